The Morgan fingerprint density at radius 2 is 2.00 bits per heavy atom. The molecule has 1 aliphatic carbocycles. The number of morpholine rings is 1. The molecule has 1 aromatic heterocycles. The Balaban J connectivity index is 1.38. The van der Waals surface area contributed by atoms with Crippen LogP contribution >= 0.6 is 0 Å². The van der Waals surface area contributed by atoms with Crippen molar-refractivity contribution in [1.29, 1.82) is 0 Å². The lowest BCUT2D eigenvalue weighted by molar-refractivity contribution is 0.122. The molecule has 1 fully saturated rings. The molecule has 1 saturated heterocycles. The predicted molar refractivity (Wildman–Crippen MR) is 99.9 cm³/mol. The second-order valence-corrected chi connectivity index (χ2v) is 6.95. The van der Waals surface area contributed by atoms with Crippen molar-refractivity contribution in [3.63, 3.8) is 0 Å². The Morgan fingerprint density at radius 1 is 1.20 bits per heavy atom. The predicted octanol–water partition coefficient (Wildman–Crippen LogP) is 2.91. The smallest absolute Gasteiger partial charge is 0.0642 e. The van der Waals surface area contributed by atoms with Crippen molar-refractivity contribution >= 4 is 5.69 Å². The standard InChI is InChI=1S/C20H28N4O/c1-2-24-20-5-3-4-19(18(20)15-22-24)21-14-16-6-8-17(9-7-16)23-10-12-25-13-11-23/h6-9,15,19,21H,2-5,10-14H2,1H3/t19-/m0/s1. The summed E-state index contributed by atoms with van der Waals surface area (Å²) in [5.74, 6) is 0. The lowest BCUT2D eigenvalue weighted by atomic mass is 9.93. The summed E-state index contributed by atoms with van der Waals surface area (Å²) in [6, 6.07) is 9.41. The van der Waals surface area contributed by atoms with Gasteiger partial charge in [0.25, 0.3) is 0 Å². The van der Waals surface area contributed by atoms with Crippen molar-refractivity contribution in [3.05, 3.63) is 47.3 Å². The van der Waals surface area contributed by atoms with Gasteiger partial charge in [0.1, 0.15) is 0 Å². The number of aromatic nitrogens is 2. The molecule has 134 valence electrons. The van der Waals surface area contributed by atoms with Gasteiger partial charge in [-0.15, -0.1) is 0 Å². The van der Waals surface area contributed by atoms with Crippen LogP contribution in [0.5, 0.6) is 0 Å². The third-order valence-corrected chi connectivity index (χ3v) is 5.43. The molecule has 0 spiro atoms. The number of anilines is 1. The van der Waals surface area contributed by atoms with Gasteiger partial charge >= 0.3 is 0 Å². The lowest BCUT2D eigenvalue weighted by Gasteiger charge is -2.29. The first kappa shape index (κ1) is 16.6. The van der Waals surface area contributed by atoms with Crippen molar-refractivity contribution in [3.8, 4) is 0 Å². The average Bonchev–Trinajstić information content (AvgIpc) is 3.11. The normalized spacial score (nSPS) is 20.5. The molecule has 5 nitrogen and oxygen atoms in total. The van der Waals surface area contributed by atoms with Crippen LogP contribution in [0.25, 0.3) is 0 Å². The summed E-state index contributed by atoms with van der Waals surface area (Å²) >= 11 is 0. The lowest BCUT2D eigenvalue weighted by Crippen LogP contribution is -2.36. The van der Waals surface area contributed by atoms with E-state index < -0.39 is 0 Å². The number of rotatable bonds is 5. The molecular weight excluding hydrogens is 312 g/mol. The summed E-state index contributed by atoms with van der Waals surface area (Å²) in [4.78, 5) is 2.40. The maximum absolute atomic E-state index is 5.43. The van der Waals surface area contributed by atoms with Gasteiger partial charge in [0.2, 0.25) is 0 Å². The highest BCUT2D eigenvalue weighted by atomic mass is 16.5. The van der Waals surface area contributed by atoms with E-state index in [0.717, 1.165) is 45.8 Å². The number of ether oxygens (including phenoxy) is 1. The minimum Gasteiger partial charge on any atom is -0.378 e. The zero-order chi connectivity index (χ0) is 17.1. The number of hydrogen-bond acceptors (Lipinski definition) is 4. The summed E-state index contributed by atoms with van der Waals surface area (Å²) in [5.41, 5.74) is 5.47. The van der Waals surface area contributed by atoms with Gasteiger partial charge in [-0.1, -0.05) is 12.1 Å². The highest BCUT2D eigenvalue weighted by Crippen LogP contribution is 2.30. The molecule has 0 radical (unpaired) electrons. The fraction of sp³-hybridized carbons (Fsp3) is 0.550. The van der Waals surface area contributed by atoms with E-state index in [-0.39, 0.29) is 0 Å². The highest BCUT2D eigenvalue weighted by Gasteiger charge is 2.23. The Kier molecular flexibility index (Phi) is 5.04. The highest BCUT2D eigenvalue weighted by molar-refractivity contribution is 5.48. The van der Waals surface area contributed by atoms with Crippen LogP contribution in [0.2, 0.25) is 0 Å². The molecular formula is C20H28N4O. The SMILES string of the molecule is CCn1ncc2c1CCC[C@@H]2NCc1ccc(N2CCOCC2)cc1. The molecule has 1 N–H and O–H groups in total. The third kappa shape index (κ3) is 3.58. The van der Waals surface area contributed by atoms with Gasteiger partial charge in [-0.3, -0.25) is 4.68 Å². The fourth-order valence-corrected chi connectivity index (χ4v) is 3.99. The summed E-state index contributed by atoms with van der Waals surface area (Å²) in [5, 5.41) is 8.29. The first-order chi connectivity index (χ1) is 12.3. The average molecular weight is 340 g/mol. The minimum absolute atomic E-state index is 0.433. The molecule has 5 heteroatoms. The van der Waals surface area contributed by atoms with E-state index in [0.29, 0.717) is 6.04 Å². The van der Waals surface area contributed by atoms with Crippen LogP contribution in [0.15, 0.2) is 30.5 Å². The number of fused-ring (bicyclic) bond motifs is 1. The molecule has 4 rings (SSSR count). The van der Waals surface area contributed by atoms with Crippen LogP contribution in [-0.2, 0) is 24.2 Å². The van der Waals surface area contributed by atoms with Gasteiger partial charge in [0, 0.05) is 49.2 Å². The Hall–Kier alpha value is -1.85. The second-order valence-electron chi connectivity index (χ2n) is 6.95. The molecule has 25 heavy (non-hydrogen) atoms. The quantitative estimate of drug-likeness (QED) is 0.909. The van der Waals surface area contributed by atoms with Crippen LogP contribution in [0, 0.1) is 0 Å². The summed E-state index contributed by atoms with van der Waals surface area (Å²) < 4.78 is 7.58. The number of hydrogen-bond donors (Lipinski definition) is 1. The van der Waals surface area contributed by atoms with Crippen molar-refractivity contribution in [2.75, 3.05) is 31.2 Å². The first-order valence-corrected chi connectivity index (χ1v) is 9.54. The van der Waals surface area contributed by atoms with Crippen molar-refractivity contribution in [2.45, 2.75) is 45.3 Å². The van der Waals surface area contributed by atoms with Gasteiger partial charge in [-0.25, -0.2) is 0 Å². The van der Waals surface area contributed by atoms with E-state index in [4.69, 9.17) is 4.74 Å². The summed E-state index contributed by atoms with van der Waals surface area (Å²) in [7, 11) is 0. The second kappa shape index (κ2) is 7.58. The molecule has 2 heterocycles. The topological polar surface area (TPSA) is 42.3 Å². The molecule has 1 aromatic carbocycles. The molecule has 0 amide bonds. The Labute approximate surface area is 150 Å². The van der Waals surface area contributed by atoms with Crippen LogP contribution in [-0.4, -0.2) is 36.1 Å². The van der Waals surface area contributed by atoms with Gasteiger partial charge in [0.05, 0.1) is 19.4 Å². The van der Waals surface area contributed by atoms with Crippen LogP contribution < -0.4 is 10.2 Å². The van der Waals surface area contributed by atoms with E-state index in [2.05, 4.69) is 57.4 Å². The first-order valence-electron chi connectivity index (χ1n) is 9.54. The van der Waals surface area contributed by atoms with Crippen molar-refractivity contribution in [1.82, 2.24) is 15.1 Å². The fourth-order valence-electron chi connectivity index (χ4n) is 3.99. The van der Waals surface area contributed by atoms with E-state index in [1.54, 1.807) is 0 Å². The van der Waals surface area contributed by atoms with E-state index in [1.807, 2.05) is 0 Å². The number of benzene rings is 1. The zero-order valence-corrected chi connectivity index (χ0v) is 15.1. The molecule has 0 unspecified atom stereocenters. The zero-order valence-electron chi connectivity index (χ0n) is 15.1. The molecule has 1 aliphatic heterocycles. The molecule has 2 aromatic rings. The summed E-state index contributed by atoms with van der Waals surface area (Å²) in [6.45, 7) is 7.68. The number of nitrogens with zero attached hydrogens (tertiary/aromatic N) is 3. The van der Waals surface area contributed by atoms with Gasteiger partial charge in [-0.05, 0) is 43.9 Å². The van der Waals surface area contributed by atoms with Crippen LogP contribution in [0.3, 0.4) is 0 Å². The Bertz CT molecular complexity index is 688. The maximum Gasteiger partial charge on any atom is 0.0642 e. The Morgan fingerprint density at radius 3 is 2.76 bits per heavy atom. The van der Waals surface area contributed by atoms with Crippen LogP contribution in [0.4, 0.5) is 5.69 Å². The largest absolute Gasteiger partial charge is 0.378 e. The molecule has 1 atom stereocenters. The molecule has 0 saturated carbocycles. The molecule has 2 aliphatic rings. The van der Waals surface area contributed by atoms with Crippen LogP contribution in [0.1, 0.15) is 42.6 Å². The van der Waals surface area contributed by atoms with Gasteiger partial charge in [-0.2, -0.15) is 5.10 Å². The number of nitrogens with one attached hydrogen (secondary N) is 1. The van der Waals surface area contributed by atoms with Crippen molar-refractivity contribution in [2.24, 2.45) is 0 Å². The number of aryl methyl sites for hydroxylation is 1. The monoisotopic (exact) mass is 340 g/mol. The maximum atomic E-state index is 5.43. The van der Waals surface area contributed by atoms with E-state index >= 15 is 0 Å². The van der Waals surface area contributed by atoms with Crippen molar-refractivity contribution < 1.29 is 4.74 Å². The minimum atomic E-state index is 0.433. The van der Waals surface area contributed by atoms with E-state index in [9.17, 15) is 0 Å². The van der Waals surface area contributed by atoms with Gasteiger partial charge in [0.15, 0.2) is 0 Å². The summed E-state index contributed by atoms with van der Waals surface area (Å²) in [6.07, 6.45) is 5.67. The molecule has 0 bridgehead atoms. The third-order valence-electron chi connectivity index (χ3n) is 5.43. The van der Waals surface area contributed by atoms with E-state index in [1.165, 1.54) is 35.3 Å². The van der Waals surface area contributed by atoms with Gasteiger partial charge < -0.3 is 15.0 Å².